The summed E-state index contributed by atoms with van der Waals surface area (Å²) in [6, 6.07) is 19.7. The molecule has 1 amide bonds. The molecule has 174 valence electrons. The summed E-state index contributed by atoms with van der Waals surface area (Å²) in [6.45, 7) is 3.32. The minimum absolute atomic E-state index is 0.168. The first kappa shape index (κ1) is 24.0. The zero-order chi connectivity index (χ0) is 24.3. The molecule has 0 spiro atoms. The van der Waals surface area contributed by atoms with Crippen LogP contribution in [0.2, 0.25) is 10.0 Å². The van der Waals surface area contributed by atoms with E-state index in [0.717, 1.165) is 16.8 Å². The number of amides is 1. The van der Waals surface area contributed by atoms with E-state index in [1.807, 2.05) is 24.3 Å². The molecule has 0 unspecified atom stereocenters. The Morgan fingerprint density at radius 2 is 1.71 bits per heavy atom. The number of rotatable bonds is 6. The van der Waals surface area contributed by atoms with Crippen molar-refractivity contribution in [2.75, 3.05) is 5.32 Å². The summed E-state index contributed by atoms with van der Waals surface area (Å²) in [5, 5.41) is 7.05. The van der Waals surface area contributed by atoms with Crippen LogP contribution in [-0.4, -0.2) is 21.6 Å². The molecule has 2 N–H and O–H groups in total. The number of hydrogen-bond donors (Lipinski definition) is 2. The predicted molar refractivity (Wildman–Crippen MR) is 139 cm³/mol. The van der Waals surface area contributed by atoms with Crippen LogP contribution < -0.4 is 15.4 Å². The third-order valence-electron chi connectivity index (χ3n) is 4.92. The van der Waals surface area contributed by atoms with Crippen LogP contribution in [0.4, 0.5) is 5.69 Å². The molecule has 4 rings (SSSR count). The zero-order valence-electron chi connectivity index (χ0n) is 18.4. The van der Waals surface area contributed by atoms with Crippen LogP contribution in [0.25, 0.3) is 11.1 Å². The molecule has 0 atom stereocenters. The van der Waals surface area contributed by atoms with Gasteiger partial charge in [0.05, 0.1) is 0 Å². The van der Waals surface area contributed by atoms with Crippen LogP contribution in [0.3, 0.4) is 0 Å². The summed E-state index contributed by atoms with van der Waals surface area (Å²) in [5.41, 5.74) is 2.02. The van der Waals surface area contributed by atoms with Gasteiger partial charge in [0.25, 0.3) is 5.91 Å². The van der Waals surface area contributed by atoms with Crippen molar-refractivity contribution in [2.24, 2.45) is 0 Å². The maximum Gasteiger partial charge on any atom is 0.269 e. The molecule has 4 aromatic rings. The van der Waals surface area contributed by atoms with E-state index in [-0.39, 0.29) is 11.0 Å². The molecule has 3 aromatic carbocycles. The van der Waals surface area contributed by atoms with Crippen LogP contribution in [-0.2, 0) is 11.2 Å². The van der Waals surface area contributed by atoms with Gasteiger partial charge in [0, 0.05) is 22.2 Å². The first-order chi connectivity index (χ1) is 16.2. The van der Waals surface area contributed by atoms with Crippen molar-refractivity contribution in [3.63, 3.8) is 0 Å². The van der Waals surface area contributed by atoms with Gasteiger partial charge in [-0.25, -0.2) is 4.98 Å². The van der Waals surface area contributed by atoms with Gasteiger partial charge in [-0.2, -0.15) is 0 Å². The van der Waals surface area contributed by atoms with Crippen LogP contribution in [0.1, 0.15) is 25.3 Å². The standard InChI is InChI=1S/C25H21Cl2N3O3S/c1-25(2,33-19-10-5-16(26)6-11-19)23(31)30-24(34)28-18-8-3-15(4-9-18)13-22-29-20-14-17(27)7-12-21(20)32-22/h3-12,14H,13H2,1-2H3,(H2,28,30,31,34). The highest BCUT2D eigenvalue weighted by atomic mass is 35.5. The largest absolute Gasteiger partial charge is 0.478 e. The zero-order valence-corrected chi connectivity index (χ0v) is 20.7. The third kappa shape index (κ3) is 6.05. The number of ether oxygens (including phenoxy) is 1. The molecule has 1 heterocycles. The molecule has 0 bridgehead atoms. The number of nitrogens with zero attached hydrogens (tertiary/aromatic N) is 1. The molecular formula is C25H21Cl2N3O3S. The van der Waals surface area contributed by atoms with Gasteiger partial charge in [0.1, 0.15) is 11.3 Å². The summed E-state index contributed by atoms with van der Waals surface area (Å²) in [5.74, 6) is 0.748. The number of hydrogen-bond acceptors (Lipinski definition) is 5. The summed E-state index contributed by atoms with van der Waals surface area (Å²) in [6.07, 6.45) is 0.532. The fourth-order valence-electron chi connectivity index (χ4n) is 3.16. The fraction of sp³-hybridized carbons (Fsp3) is 0.160. The molecule has 6 nitrogen and oxygen atoms in total. The SMILES string of the molecule is CC(C)(Oc1ccc(Cl)cc1)C(=O)NC(=S)Nc1ccc(Cc2nc3cc(Cl)ccc3o2)cc1. The number of fused-ring (bicyclic) bond motifs is 1. The van der Waals surface area contributed by atoms with Gasteiger partial charge >= 0.3 is 0 Å². The van der Waals surface area contributed by atoms with E-state index in [2.05, 4.69) is 15.6 Å². The Kier molecular flexibility index (Phi) is 7.07. The van der Waals surface area contributed by atoms with Gasteiger partial charge in [-0.15, -0.1) is 0 Å². The minimum Gasteiger partial charge on any atom is -0.478 e. The van der Waals surface area contributed by atoms with Gasteiger partial charge in [0.2, 0.25) is 0 Å². The van der Waals surface area contributed by atoms with Gasteiger partial charge in [-0.05, 0) is 86.2 Å². The van der Waals surface area contributed by atoms with Gasteiger partial charge in [0.15, 0.2) is 22.2 Å². The van der Waals surface area contributed by atoms with Crippen LogP contribution in [0, 0.1) is 0 Å². The van der Waals surface area contributed by atoms with Crippen molar-refractivity contribution >= 4 is 63.2 Å². The average molecular weight is 514 g/mol. The van der Waals surface area contributed by atoms with Gasteiger partial charge < -0.3 is 14.5 Å². The van der Waals surface area contributed by atoms with E-state index in [4.69, 9.17) is 44.6 Å². The number of carbonyl (C=O) groups excluding carboxylic acids is 1. The molecule has 0 saturated heterocycles. The monoisotopic (exact) mass is 513 g/mol. The van der Waals surface area contributed by atoms with E-state index in [1.165, 1.54) is 0 Å². The lowest BCUT2D eigenvalue weighted by Gasteiger charge is -2.25. The Hall–Kier alpha value is -3.13. The van der Waals surface area contributed by atoms with Gasteiger partial charge in [-0.3, -0.25) is 10.1 Å². The van der Waals surface area contributed by atoms with Crippen molar-refractivity contribution < 1.29 is 13.9 Å². The van der Waals surface area contributed by atoms with Crippen molar-refractivity contribution in [3.8, 4) is 5.75 Å². The first-order valence-electron chi connectivity index (χ1n) is 10.4. The van der Waals surface area contributed by atoms with E-state index in [1.54, 1.807) is 56.3 Å². The second-order valence-corrected chi connectivity index (χ2v) is 9.35. The molecule has 0 saturated carbocycles. The molecule has 0 aliphatic heterocycles. The van der Waals surface area contributed by atoms with Crippen molar-refractivity contribution in [3.05, 3.63) is 88.2 Å². The average Bonchev–Trinajstić information content (AvgIpc) is 3.17. The van der Waals surface area contributed by atoms with Crippen LogP contribution >= 0.6 is 35.4 Å². The van der Waals surface area contributed by atoms with E-state index < -0.39 is 5.60 Å². The van der Waals surface area contributed by atoms with Crippen molar-refractivity contribution in [1.29, 1.82) is 0 Å². The molecule has 1 aromatic heterocycles. The number of aromatic nitrogens is 1. The number of thiocarbonyl (C=S) groups is 1. The lowest BCUT2D eigenvalue weighted by atomic mass is 10.1. The number of carbonyl (C=O) groups is 1. The third-order valence-corrected chi connectivity index (χ3v) is 5.61. The van der Waals surface area contributed by atoms with E-state index in [0.29, 0.717) is 33.7 Å². The molecule has 0 radical (unpaired) electrons. The van der Waals surface area contributed by atoms with Gasteiger partial charge in [-0.1, -0.05) is 35.3 Å². The predicted octanol–water partition coefficient (Wildman–Crippen LogP) is 6.40. The number of benzene rings is 3. The number of anilines is 1. The minimum atomic E-state index is -1.15. The highest BCUT2D eigenvalue weighted by Gasteiger charge is 2.30. The lowest BCUT2D eigenvalue weighted by Crippen LogP contribution is -2.49. The van der Waals surface area contributed by atoms with Crippen molar-refractivity contribution in [1.82, 2.24) is 10.3 Å². The second-order valence-electron chi connectivity index (χ2n) is 8.07. The molecule has 0 aliphatic rings. The highest BCUT2D eigenvalue weighted by Crippen LogP contribution is 2.23. The molecule has 0 aliphatic carbocycles. The fourth-order valence-corrected chi connectivity index (χ4v) is 3.67. The quantitative estimate of drug-likeness (QED) is 0.290. The van der Waals surface area contributed by atoms with Crippen molar-refractivity contribution in [2.45, 2.75) is 25.9 Å². The maximum atomic E-state index is 12.7. The maximum absolute atomic E-state index is 12.7. The molecule has 9 heteroatoms. The second kappa shape index (κ2) is 10.0. The number of oxazole rings is 1. The lowest BCUT2D eigenvalue weighted by molar-refractivity contribution is -0.132. The smallest absolute Gasteiger partial charge is 0.269 e. The Morgan fingerprint density at radius 1 is 1.03 bits per heavy atom. The number of halogens is 2. The Balaban J connectivity index is 1.32. The molecular weight excluding hydrogens is 493 g/mol. The summed E-state index contributed by atoms with van der Waals surface area (Å²) in [4.78, 5) is 17.1. The first-order valence-corrected chi connectivity index (χ1v) is 11.6. The Labute approximate surface area is 212 Å². The van der Waals surface area contributed by atoms with E-state index in [9.17, 15) is 4.79 Å². The molecule has 0 fully saturated rings. The normalized spacial score (nSPS) is 11.3. The summed E-state index contributed by atoms with van der Waals surface area (Å²) < 4.78 is 11.6. The van der Waals surface area contributed by atoms with Crippen LogP contribution in [0.5, 0.6) is 5.75 Å². The topological polar surface area (TPSA) is 76.4 Å². The highest BCUT2D eigenvalue weighted by molar-refractivity contribution is 7.80. The Bertz CT molecular complexity index is 1340. The van der Waals surface area contributed by atoms with E-state index >= 15 is 0 Å². The summed E-state index contributed by atoms with van der Waals surface area (Å²) in [7, 11) is 0. The summed E-state index contributed by atoms with van der Waals surface area (Å²) >= 11 is 17.2. The Morgan fingerprint density at radius 3 is 2.41 bits per heavy atom. The molecule has 34 heavy (non-hydrogen) atoms. The van der Waals surface area contributed by atoms with Crippen LogP contribution in [0.15, 0.2) is 71.1 Å². The number of nitrogens with one attached hydrogen (secondary N) is 2.